The molecule has 5 rings (SSSR count). The number of carboxylic acid groups (broad SMARTS) is 1. The SMILES string of the molecule is N[S+](O)c1ccc(Cc2c(-c3ccc(F)c(CCCCC(F)(F)F)c3)nn(-c3cc(C(=O)O)cs3)c2CC2CC2)cc1F. The highest BCUT2D eigenvalue weighted by molar-refractivity contribution is 7.89. The fraction of sp³-hybridized carbons (Fsp3) is 0.333. The number of carboxylic acids is 1. The van der Waals surface area contributed by atoms with Gasteiger partial charge < -0.3 is 5.11 Å². The molecule has 1 fully saturated rings. The van der Waals surface area contributed by atoms with Crippen molar-refractivity contribution in [2.75, 3.05) is 0 Å². The summed E-state index contributed by atoms with van der Waals surface area (Å²) in [6, 6.07) is 10.3. The summed E-state index contributed by atoms with van der Waals surface area (Å²) in [7, 11) is 0. The monoisotopic (exact) mass is 638 g/mol. The molecule has 13 heteroatoms. The molecule has 4 N–H and O–H groups in total. The third kappa shape index (κ3) is 7.64. The lowest BCUT2D eigenvalue weighted by Gasteiger charge is -2.11. The zero-order chi connectivity index (χ0) is 30.9. The molecule has 0 saturated heterocycles. The van der Waals surface area contributed by atoms with Gasteiger partial charge in [-0.05, 0) is 85.9 Å². The van der Waals surface area contributed by atoms with Crippen LogP contribution in [0.3, 0.4) is 0 Å². The maximum Gasteiger partial charge on any atom is 0.389 e. The normalized spacial score (nSPS) is 14.3. The molecule has 43 heavy (non-hydrogen) atoms. The van der Waals surface area contributed by atoms with Crippen LogP contribution in [0.4, 0.5) is 22.0 Å². The van der Waals surface area contributed by atoms with E-state index in [4.69, 9.17) is 10.2 Å². The third-order valence-electron chi connectivity index (χ3n) is 7.39. The van der Waals surface area contributed by atoms with Crippen molar-refractivity contribution in [1.29, 1.82) is 0 Å². The molecule has 2 heterocycles. The van der Waals surface area contributed by atoms with E-state index >= 15 is 0 Å². The highest BCUT2D eigenvalue weighted by Gasteiger charge is 2.30. The number of benzene rings is 2. The zero-order valence-corrected chi connectivity index (χ0v) is 24.5. The fourth-order valence-corrected chi connectivity index (χ4v) is 6.35. The predicted octanol–water partition coefficient (Wildman–Crippen LogP) is 7.72. The molecule has 1 aliphatic rings. The summed E-state index contributed by atoms with van der Waals surface area (Å²) in [6.07, 6.45) is -2.17. The van der Waals surface area contributed by atoms with Crippen LogP contribution in [0.5, 0.6) is 0 Å². The van der Waals surface area contributed by atoms with Gasteiger partial charge in [0.25, 0.3) is 11.4 Å². The Labute approximate surface area is 251 Å². The van der Waals surface area contributed by atoms with Crippen LogP contribution in [-0.4, -0.2) is 31.6 Å². The van der Waals surface area contributed by atoms with Gasteiger partial charge in [-0.3, -0.25) is 0 Å². The third-order valence-corrected chi connectivity index (χ3v) is 9.07. The lowest BCUT2D eigenvalue weighted by Crippen LogP contribution is -2.13. The quantitative estimate of drug-likeness (QED) is 0.0838. The van der Waals surface area contributed by atoms with Crippen LogP contribution in [0.1, 0.15) is 64.8 Å². The van der Waals surface area contributed by atoms with E-state index in [1.165, 1.54) is 41.0 Å². The van der Waals surface area contributed by atoms with Gasteiger partial charge in [0, 0.05) is 41.1 Å². The van der Waals surface area contributed by atoms with Gasteiger partial charge in [-0.1, -0.05) is 6.07 Å². The minimum absolute atomic E-state index is 0.0219. The van der Waals surface area contributed by atoms with Crippen LogP contribution in [0.25, 0.3) is 16.3 Å². The summed E-state index contributed by atoms with van der Waals surface area (Å²) in [5, 5.41) is 22.0. The number of thiophene rings is 1. The number of halogens is 5. The number of nitrogens with zero attached hydrogens (tertiary/aromatic N) is 2. The highest BCUT2D eigenvalue weighted by atomic mass is 32.2. The molecule has 0 radical (unpaired) electrons. The molecule has 0 amide bonds. The molecule has 2 aromatic heterocycles. The molecule has 1 saturated carbocycles. The van der Waals surface area contributed by atoms with Gasteiger partial charge in [0.05, 0.1) is 11.3 Å². The largest absolute Gasteiger partial charge is 0.478 e. The van der Waals surface area contributed by atoms with Gasteiger partial charge in [-0.15, -0.1) is 16.5 Å². The highest BCUT2D eigenvalue weighted by Crippen LogP contribution is 2.39. The first-order valence-electron chi connectivity index (χ1n) is 13.6. The first-order valence-corrected chi connectivity index (χ1v) is 15.8. The van der Waals surface area contributed by atoms with Crippen molar-refractivity contribution in [2.24, 2.45) is 11.1 Å². The van der Waals surface area contributed by atoms with Gasteiger partial charge in [0.1, 0.15) is 10.8 Å². The van der Waals surface area contributed by atoms with Gasteiger partial charge >= 0.3 is 12.1 Å². The van der Waals surface area contributed by atoms with Crippen LogP contribution in [0, 0.1) is 17.6 Å². The minimum atomic E-state index is -4.28. The second kappa shape index (κ2) is 12.8. The van der Waals surface area contributed by atoms with Crippen molar-refractivity contribution in [3.63, 3.8) is 0 Å². The Morgan fingerprint density at radius 2 is 1.86 bits per heavy atom. The maximum absolute atomic E-state index is 14.8. The van der Waals surface area contributed by atoms with Crippen molar-refractivity contribution in [2.45, 2.75) is 62.4 Å². The number of hydrogen-bond donors (Lipinski definition) is 3. The van der Waals surface area contributed by atoms with Gasteiger partial charge in [0.2, 0.25) is 4.90 Å². The Hall–Kier alpha value is -3.26. The summed E-state index contributed by atoms with van der Waals surface area (Å²) in [5.74, 6) is -1.87. The van der Waals surface area contributed by atoms with E-state index in [2.05, 4.69) is 0 Å². The number of unbranched alkanes of at least 4 members (excludes halogenated alkanes) is 1. The summed E-state index contributed by atoms with van der Waals surface area (Å²) in [4.78, 5) is 11.6. The summed E-state index contributed by atoms with van der Waals surface area (Å²) < 4.78 is 78.8. The fourth-order valence-electron chi connectivity index (χ4n) is 5.02. The molecule has 1 aliphatic carbocycles. The standard InChI is InChI=1S/C30H28F5N3O3S2/c31-23-8-7-20(14-19(23)3-1-2-10-30(33,34)35)28-22(11-18-6-9-26(43(36)41)24(32)12-18)25(13-17-4-5-17)38(37-28)27-15-21(16-42-27)29(39)40/h6-9,12,14-17,41H,1-5,10-11,13,36H2/p+1. The van der Waals surface area contributed by atoms with Crippen molar-refractivity contribution in [1.82, 2.24) is 9.78 Å². The number of carbonyl (C=O) groups is 1. The van der Waals surface area contributed by atoms with Crippen molar-refractivity contribution < 1.29 is 36.4 Å². The molecule has 1 unspecified atom stereocenters. The van der Waals surface area contributed by atoms with E-state index in [9.17, 15) is 36.4 Å². The molecule has 228 valence electrons. The molecule has 0 bridgehead atoms. The molecular formula is C30H29F5N3O3S2+. The number of rotatable bonds is 12. The number of alkyl halides is 3. The van der Waals surface area contributed by atoms with E-state index in [0.717, 1.165) is 24.1 Å². The topological polar surface area (TPSA) is 101 Å². The van der Waals surface area contributed by atoms with Crippen LogP contribution in [0.2, 0.25) is 0 Å². The predicted molar refractivity (Wildman–Crippen MR) is 155 cm³/mol. The molecule has 2 aromatic carbocycles. The average Bonchev–Trinajstić information content (AvgIpc) is 3.49. The maximum atomic E-state index is 14.8. The van der Waals surface area contributed by atoms with E-state index in [0.29, 0.717) is 34.2 Å². The van der Waals surface area contributed by atoms with Crippen LogP contribution < -0.4 is 5.14 Å². The Bertz CT molecular complexity index is 1630. The van der Waals surface area contributed by atoms with Crippen molar-refractivity contribution in [3.05, 3.63) is 87.4 Å². The van der Waals surface area contributed by atoms with Crippen LogP contribution in [0.15, 0.2) is 52.7 Å². The lowest BCUT2D eigenvalue weighted by molar-refractivity contribution is -0.135. The van der Waals surface area contributed by atoms with Gasteiger partial charge in [0.15, 0.2) is 5.82 Å². The zero-order valence-electron chi connectivity index (χ0n) is 22.8. The summed E-state index contributed by atoms with van der Waals surface area (Å²) in [6.45, 7) is 0. The summed E-state index contributed by atoms with van der Waals surface area (Å²) >= 11 is -0.544. The molecule has 4 aromatic rings. The Morgan fingerprint density at radius 1 is 1.09 bits per heavy atom. The first kappa shape index (κ1) is 31.2. The second-order valence-corrected chi connectivity index (χ2v) is 12.7. The molecule has 6 nitrogen and oxygen atoms in total. The number of aryl methyl sites for hydroxylation is 1. The smallest absolute Gasteiger partial charge is 0.389 e. The average molecular weight is 639 g/mol. The Balaban J connectivity index is 1.59. The van der Waals surface area contributed by atoms with Crippen molar-refractivity contribution in [3.8, 4) is 16.3 Å². The van der Waals surface area contributed by atoms with Crippen LogP contribution in [-0.2, 0) is 30.6 Å². The van der Waals surface area contributed by atoms with E-state index in [1.807, 2.05) is 0 Å². The van der Waals surface area contributed by atoms with E-state index in [1.54, 1.807) is 22.9 Å². The Morgan fingerprint density at radius 3 is 2.49 bits per heavy atom. The number of aromatic carboxylic acids is 1. The number of nitrogens with two attached hydrogens (primary N) is 1. The van der Waals surface area contributed by atoms with Crippen molar-refractivity contribution >= 4 is 28.7 Å². The lowest BCUT2D eigenvalue weighted by atomic mass is 9.95. The van der Waals surface area contributed by atoms with E-state index < -0.39 is 41.6 Å². The number of aromatic nitrogens is 2. The van der Waals surface area contributed by atoms with Gasteiger partial charge in [-0.25, -0.2) is 18.3 Å². The molecule has 0 aliphatic heterocycles. The molecule has 1 atom stereocenters. The Kier molecular flexibility index (Phi) is 9.26. The second-order valence-electron chi connectivity index (χ2n) is 10.7. The molecular weight excluding hydrogens is 609 g/mol. The number of hydrogen-bond acceptors (Lipinski definition) is 5. The van der Waals surface area contributed by atoms with E-state index in [-0.39, 0.29) is 41.7 Å². The van der Waals surface area contributed by atoms with Gasteiger partial charge in [-0.2, -0.15) is 22.8 Å². The van der Waals surface area contributed by atoms with Crippen LogP contribution >= 0.6 is 11.3 Å². The molecule has 0 spiro atoms. The summed E-state index contributed by atoms with van der Waals surface area (Å²) in [5.41, 5.74) is 3.55. The first-order chi connectivity index (χ1) is 20.4. The minimum Gasteiger partial charge on any atom is -0.478 e.